The van der Waals surface area contributed by atoms with E-state index in [1.165, 1.54) is 37.0 Å². The highest BCUT2D eigenvalue weighted by atomic mass is 32.1. The molecule has 2 atom stereocenters. The molecule has 1 N–H and O–H groups in total. The van der Waals surface area contributed by atoms with Crippen LogP contribution in [-0.2, 0) is 4.74 Å². The van der Waals surface area contributed by atoms with Gasteiger partial charge in [0.15, 0.2) is 0 Å². The van der Waals surface area contributed by atoms with Gasteiger partial charge in [-0.05, 0) is 36.8 Å². The lowest BCUT2D eigenvalue weighted by molar-refractivity contribution is 0.00880. The van der Waals surface area contributed by atoms with E-state index in [0.717, 1.165) is 12.5 Å². The summed E-state index contributed by atoms with van der Waals surface area (Å²) in [5.41, 5.74) is 0. The third-order valence-electron chi connectivity index (χ3n) is 3.99. The van der Waals surface area contributed by atoms with Gasteiger partial charge in [0.1, 0.15) is 0 Å². The highest BCUT2D eigenvalue weighted by molar-refractivity contribution is 7.10. The van der Waals surface area contributed by atoms with Crippen molar-refractivity contribution < 1.29 is 4.74 Å². The van der Waals surface area contributed by atoms with Crippen LogP contribution in [0.2, 0.25) is 0 Å². The lowest BCUT2D eigenvalue weighted by atomic mass is 9.82. The van der Waals surface area contributed by atoms with Gasteiger partial charge in [-0.3, -0.25) is 0 Å². The molecule has 0 bridgehead atoms. The first-order chi connectivity index (χ1) is 8.86. The van der Waals surface area contributed by atoms with E-state index in [1.54, 1.807) is 0 Å². The average molecular weight is 267 g/mol. The standard InChI is InChI=1S/C15H25NOS/c1-3-16-14(13-10-7-11-18-13)15(17-2)12-8-5-4-6-9-12/h7,10-12,14-16H,3-6,8-9H2,1-2H3. The van der Waals surface area contributed by atoms with Gasteiger partial charge in [0, 0.05) is 12.0 Å². The molecule has 2 nitrogen and oxygen atoms in total. The lowest BCUT2D eigenvalue weighted by Gasteiger charge is -2.35. The monoisotopic (exact) mass is 267 g/mol. The highest BCUT2D eigenvalue weighted by Gasteiger charge is 2.31. The summed E-state index contributed by atoms with van der Waals surface area (Å²) >= 11 is 1.84. The van der Waals surface area contributed by atoms with Crippen LogP contribution in [0.15, 0.2) is 17.5 Å². The first-order valence-corrected chi connectivity index (χ1v) is 8.04. The summed E-state index contributed by atoms with van der Waals surface area (Å²) < 4.78 is 5.87. The molecule has 2 unspecified atom stereocenters. The fourth-order valence-corrected chi connectivity index (χ4v) is 3.97. The second-order valence-corrected chi connectivity index (χ2v) is 6.13. The van der Waals surface area contributed by atoms with Crippen LogP contribution in [-0.4, -0.2) is 19.8 Å². The number of ether oxygens (including phenoxy) is 1. The molecule has 1 aliphatic rings. The molecule has 0 saturated heterocycles. The molecule has 2 rings (SSSR count). The molecule has 1 heterocycles. The van der Waals surface area contributed by atoms with Crippen molar-refractivity contribution in [3.05, 3.63) is 22.4 Å². The Bertz CT molecular complexity index is 319. The Morgan fingerprint density at radius 2 is 2.17 bits per heavy atom. The van der Waals surface area contributed by atoms with Gasteiger partial charge in [0.2, 0.25) is 0 Å². The molecule has 0 radical (unpaired) electrons. The van der Waals surface area contributed by atoms with Crippen molar-refractivity contribution in [2.45, 2.75) is 51.2 Å². The van der Waals surface area contributed by atoms with E-state index in [4.69, 9.17) is 4.74 Å². The third kappa shape index (κ3) is 3.34. The number of rotatable bonds is 6. The van der Waals surface area contributed by atoms with Crippen molar-refractivity contribution in [1.82, 2.24) is 5.32 Å². The van der Waals surface area contributed by atoms with Crippen LogP contribution >= 0.6 is 11.3 Å². The maximum absolute atomic E-state index is 5.87. The first kappa shape index (κ1) is 14.0. The average Bonchev–Trinajstić information content (AvgIpc) is 2.93. The van der Waals surface area contributed by atoms with E-state index < -0.39 is 0 Å². The maximum Gasteiger partial charge on any atom is 0.0802 e. The molecule has 0 aliphatic heterocycles. The number of likely N-dealkylation sites (N-methyl/N-ethyl adjacent to an activating group) is 1. The number of methoxy groups -OCH3 is 1. The normalized spacial score (nSPS) is 20.8. The number of nitrogens with one attached hydrogen (secondary N) is 1. The van der Waals surface area contributed by atoms with Gasteiger partial charge in [0.05, 0.1) is 12.1 Å². The number of hydrogen-bond donors (Lipinski definition) is 1. The SMILES string of the molecule is CCNC(c1cccs1)C(OC)C1CCCCC1. The molecular formula is C15H25NOS. The molecule has 18 heavy (non-hydrogen) atoms. The second kappa shape index (κ2) is 7.27. The zero-order valence-electron chi connectivity index (χ0n) is 11.5. The van der Waals surface area contributed by atoms with Crippen LogP contribution < -0.4 is 5.32 Å². The Hall–Kier alpha value is -0.380. The fraction of sp³-hybridized carbons (Fsp3) is 0.733. The van der Waals surface area contributed by atoms with Gasteiger partial charge in [-0.1, -0.05) is 32.3 Å². The molecule has 1 aromatic heterocycles. The molecule has 1 aliphatic carbocycles. The smallest absolute Gasteiger partial charge is 0.0802 e. The maximum atomic E-state index is 5.87. The predicted molar refractivity (Wildman–Crippen MR) is 78.1 cm³/mol. The molecule has 0 amide bonds. The molecule has 102 valence electrons. The van der Waals surface area contributed by atoms with Crippen molar-refractivity contribution in [3.8, 4) is 0 Å². The minimum absolute atomic E-state index is 0.323. The van der Waals surface area contributed by atoms with E-state index in [1.807, 2.05) is 18.4 Å². The number of hydrogen-bond acceptors (Lipinski definition) is 3. The van der Waals surface area contributed by atoms with Crippen molar-refractivity contribution >= 4 is 11.3 Å². The Balaban J connectivity index is 2.10. The van der Waals surface area contributed by atoms with Gasteiger partial charge in [-0.2, -0.15) is 0 Å². The summed E-state index contributed by atoms with van der Waals surface area (Å²) in [6.45, 7) is 3.17. The van der Waals surface area contributed by atoms with Gasteiger partial charge in [0.25, 0.3) is 0 Å². The molecule has 1 aromatic rings. The molecule has 0 spiro atoms. The quantitative estimate of drug-likeness (QED) is 0.841. The molecule has 3 heteroatoms. The van der Waals surface area contributed by atoms with Crippen molar-refractivity contribution in [2.24, 2.45) is 5.92 Å². The molecule has 0 aromatic carbocycles. The van der Waals surface area contributed by atoms with Gasteiger partial charge >= 0.3 is 0 Å². The third-order valence-corrected chi connectivity index (χ3v) is 4.94. The zero-order chi connectivity index (χ0) is 12.8. The second-order valence-electron chi connectivity index (χ2n) is 5.15. The summed E-state index contributed by atoms with van der Waals surface area (Å²) in [6.07, 6.45) is 7.11. The van der Waals surface area contributed by atoms with Crippen molar-refractivity contribution in [2.75, 3.05) is 13.7 Å². The van der Waals surface area contributed by atoms with E-state index in [2.05, 4.69) is 29.8 Å². The summed E-state index contributed by atoms with van der Waals surface area (Å²) in [5, 5.41) is 5.78. The molecular weight excluding hydrogens is 242 g/mol. The van der Waals surface area contributed by atoms with Gasteiger partial charge in [-0.15, -0.1) is 11.3 Å². The minimum atomic E-state index is 0.323. The van der Waals surface area contributed by atoms with Crippen LogP contribution in [0.3, 0.4) is 0 Å². The lowest BCUT2D eigenvalue weighted by Crippen LogP contribution is -2.38. The predicted octanol–water partition coefficient (Wildman–Crippen LogP) is 3.99. The van der Waals surface area contributed by atoms with Gasteiger partial charge in [-0.25, -0.2) is 0 Å². The zero-order valence-corrected chi connectivity index (χ0v) is 12.3. The summed E-state index contributed by atoms with van der Waals surface area (Å²) in [5.74, 6) is 0.718. The fourth-order valence-electron chi connectivity index (χ4n) is 3.13. The van der Waals surface area contributed by atoms with Crippen molar-refractivity contribution in [3.63, 3.8) is 0 Å². The van der Waals surface area contributed by atoms with Crippen LogP contribution in [0.1, 0.15) is 49.9 Å². The summed E-state index contributed by atoms with van der Waals surface area (Å²) in [4.78, 5) is 1.41. The molecule has 1 saturated carbocycles. The van der Waals surface area contributed by atoms with Crippen LogP contribution in [0.25, 0.3) is 0 Å². The summed E-state index contributed by atoms with van der Waals surface area (Å²) in [6, 6.07) is 4.73. The van der Waals surface area contributed by atoms with Crippen LogP contribution in [0.5, 0.6) is 0 Å². The highest BCUT2D eigenvalue weighted by Crippen LogP contribution is 2.35. The first-order valence-electron chi connectivity index (χ1n) is 7.16. The van der Waals surface area contributed by atoms with Crippen molar-refractivity contribution in [1.29, 1.82) is 0 Å². The largest absolute Gasteiger partial charge is 0.379 e. The Morgan fingerprint density at radius 1 is 1.39 bits per heavy atom. The van der Waals surface area contributed by atoms with E-state index in [0.29, 0.717) is 12.1 Å². The Morgan fingerprint density at radius 3 is 2.72 bits per heavy atom. The summed E-state index contributed by atoms with van der Waals surface area (Å²) in [7, 11) is 1.87. The number of thiophene rings is 1. The van der Waals surface area contributed by atoms with Gasteiger partial charge < -0.3 is 10.1 Å². The Kier molecular flexibility index (Phi) is 5.67. The topological polar surface area (TPSA) is 21.3 Å². The Labute approximate surface area is 115 Å². The van der Waals surface area contributed by atoms with Crippen LogP contribution in [0.4, 0.5) is 0 Å². The minimum Gasteiger partial charge on any atom is -0.379 e. The van der Waals surface area contributed by atoms with Crippen LogP contribution in [0, 0.1) is 5.92 Å². The molecule has 1 fully saturated rings. The van der Waals surface area contributed by atoms with E-state index in [9.17, 15) is 0 Å². The van der Waals surface area contributed by atoms with E-state index >= 15 is 0 Å². The van der Waals surface area contributed by atoms with E-state index in [-0.39, 0.29) is 0 Å².